The van der Waals surface area contributed by atoms with Gasteiger partial charge in [0.2, 0.25) is 5.88 Å². The number of carbonyl (C=O) groups excluding carboxylic acids is 1. The van der Waals surface area contributed by atoms with Crippen molar-refractivity contribution in [3.8, 4) is 5.88 Å². The van der Waals surface area contributed by atoms with Gasteiger partial charge in [0, 0.05) is 31.6 Å². The van der Waals surface area contributed by atoms with E-state index in [1.807, 2.05) is 6.92 Å². The molecule has 1 N–H and O–H groups in total. The van der Waals surface area contributed by atoms with Crippen LogP contribution >= 0.6 is 0 Å². The van der Waals surface area contributed by atoms with Crippen LogP contribution in [0.25, 0.3) is 0 Å². The monoisotopic (exact) mass is 344 g/mol. The fourth-order valence-electron chi connectivity index (χ4n) is 2.90. The Bertz CT molecular complexity index is 754. The number of aromatic nitrogens is 2. The van der Waals surface area contributed by atoms with E-state index in [4.69, 9.17) is 4.74 Å². The summed E-state index contributed by atoms with van der Waals surface area (Å²) in [6.07, 6.45) is 2.81. The van der Waals surface area contributed by atoms with Gasteiger partial charge < -0.3 is 15.0 Å². The van der Waals surface area contributed by atoms with Crippen LogP contribution < -0.4 is 10.1 Å². The number of benzene rings is 1. The molecule has 1 aliphatic rings. The third-order valence-corrected chi connectivity index (χ3v) is 4.15. The second kappa shape index (κ2) is 7.92. The first kappa shape index (κ1) is 17.1. The van der Waals surface area contributed by atoms with E-state index in [-0.39, 0.29) is 11.8 Å². The summed E-state index contributed by atoms with van der Waals surface area (Å²) in [4.78, 5) is 22.7. The van der Waals surface area contributed by atoms with Crippen molar-refractivity contribution in [2.45, 2.75) is 26.3 Å². The number of nitrogens with zero attached hydrogens (tertiary/aromatic N) is 3. The Kier molecular flexibility index (Phi) is 5.42. The molecule has 25 heavy (non-hydrogen) atoms. The second-order valence-corrected chi connectivity index (χ2v) is 5.81. The number of carbonyl (C=O) groups is 1. The minimum absolute atomic E-state index is 0.164. The maximum Gasteiger partial charge on any atom is 0.317 e. The molecule has 6 nitrogen and oxygen atoms in total. The average molecular weight is 344 g/mol. The van der Waals surface area contributed by atoms with Gasteiger partial charge in [-0.1, -0.05) is 12.1 Å². The maximum atomic E-state index is 13.2. The molecule has 2 aromatic rings. The zero-order valence-electron chi connectivity index (χ0n) is 14.2. The highest BCUT2D eigenvalue weighted by Crippen LogP contribution is 2.22. The topological polar surface area (TPSA) is 67.4 Å². The Balaban J connectivity index is 1.61. The van der Waals surface area contributed by atoms with Gasteiger partial charge in [-0.05, 0) is 31.0 Å². The first-order chi connectivity index (χ1) is 12.2. The van der Waals surface area contributed by atoms with E-state index in [1.54, 1.807) is 17.0 Å². The van der Waals surface area contributed by atoms with Crippen molar-refractivity contribution in [3.63, 3.8) is 0 Å². The number of rotatable bonds is 4. The van der Waals surface area contributed by atoms with Gasteiger partial charge >= 0.3 is 6.03 Å². The summed E-state index contributed by atoms with van der Waals surface area (Å²) >= 11 is 0. The lowest BCUT2D eigenvalue weighted by Gasteiger charge is -2.20. The zero-order chi connectivity index (χ0) is 17.6. The Morgan fingerprint density at radius 3 is 2.96 bits per heavy atom. The summed E-state index contributed by atoms with van der Waals surface area (Å²) in [7, 11) is 0. The highest BCUT2D eigenvalue weighted by Gasteiger charge is 2.22. The van der Waals surface area contributed by atoms with Gasteiger partial charge in [-0.25, -0.2) is 19.2 Å². The number of nitrogens with one attached hydrogen (secondary N) is 1. The molecule has 1 aromatic heterocycles. The minimum Gasteiger partial charge on any atom is -0.478 e. The Morgan fingerprint density at radius 2 is 2.16 bits per heavy atom. The number of fused-ring (bicyclic) bond motifs is 1. The van der Waals surface area contributed by atoms with E-state index >= 15 is 0 Å². The van der Waals surface area contributed by atoms with Gasteiger partial charge in [0.15, 0.2) is 0 Å². The lowest BCUT2D eigenvalue weighted by Crippen LogP contribution is -2.41. The summed E-state index contributed by atoms with van der Waals surface area (Å²) in [5.74, 6) is 0.300. The number of hydrogen-bond acceptors (Lipinski definition) is 4. The van der Waals surface area contributed by atoms with Crippen LogP contribution in [0.3, 0.4) is 0 Å². The molecule has 7 heteroatoms. The van der Waals surface area contributed by atoms with Gasteiger partial charge in [0.1, 0.15) is 12.1 Å². The molecular weight excluding hydrogens is 323 g/mol. The Morgan fingerprint density at radius 1 is 1.32 bits per heavy atom. The van der Waals surface area contributed by atoms with Gasteiger partial charge in [-0.2, -0.15) is 0 Å². The molecule has 0 atom stereocenters. The summed E-state index contributed by atoms with van der Waals surface area (Å²) in [6, 6.07) is 6.05. The molecule has 0 spiro atoms. The molecule has 0 saturated heterocycles. The SMILES string of the molecule is CCOc1ncnc2c1CCN(C(=O)NCc1cccc(F)c1)CC2. The molecule has 0 radical (unpaired) electrons. The molecule has 0 unspecified atom stereocenters. The minimum atomic E-state index is -0.306. The molecular formula is C18H21FN4O2. The van der Waals surface area contributed by atoms with E-state index in [0.717, 1.165) is 16.8 Å². The fourth-order valence-corrected chi connectivity index (χ4v) is 2.90. The predicted molar refractivity (Wildman–Crippen MR) is 90.8 cm³/mol. The van der Waals surface area contributed by atoms with Gasteiger partial charge in [0.05, 0.1) is 12.3 Å². The standard InChI is InChI=1S/C18H21FN4O2/c1-2-25-17-15-6-8-23(9-7-16(15)21-12-22-17)18(24)20-11-13-4-3-5-14(19)10-13/h3-5,10,12H,2,6-9,11H2,1H3,(H,20,24). The third-order valence-electron chi connectivity index (χ3n) is 4.15. The number of amides is 2. The van der Waals surface area contributed by atoms with E-state index in [2.05, 4.69) is 15.3 Å². The summed E-state index contributed by atoms with van der Waals surface area (Å²) < 4.78 is 18.8. The largest absolute Gasteiger partial charge is 0.478 e. The van der Waals surface area contributed by atoms with Crippen LogP contribution in [0.5, 0.6) is 5.88 Å². The molecule has 3 rings (SSSR count). The zero-order valence-corrected chi connectivity index (χ0v) is 14.2. The van der Waals surface area contributed by atoms with Gasteiger partial charge in [0.25, 0.3) is 0 Å². The maximum absolute atomic E-state index is 13.2. The number of hydrogen-bond donors (Lipinski definition) is 1. The molecule has 0 aliphatic carbocycles. The fraction of sp³-hybridized carbons (Fsp3) is 0.389. The summed E-state index contributed by atoms with van der Waals surface area (Å²) in [5, 5.41) is 2.84. The molecule has 2 heterocycles. The van der Waals surface area contributed by atoms with Crippen LogP contribution in [0.4, 0.5) is 9.18 Å². The van der Waals surface area contributed by atoms with E-state index in [0.29, 0.717) is 45.0 Å². The lowest BCUT2D eigenvalue weighted by molar-refractivity contribution is 0.199. The number of urea groups is 1. The third kappa shape index (κ3) is 4.23. The molecule has 0 fully saturated rings. The van der Waals surface area contributed by atoms with E-state index in [9.17, 15) is 9.18 Å². The molecule has 132 valence electrons. The molecule has 0 bridgehead atoms. The molecule has 2 amide bonds. The van der Waals surface area contributed by atoms with Crippen molar-refractivity contribution in [1.82, 2.24) is 20.2 Å². The average Bonchev–Trinajstić information content (AvgIpc) is 2.83. The van der Waals surface area contributed by atoms with Crippen LogP contribution in [0, 0.1) is 5.82 Å². The molecule has 0 saturated carbocycles. The van der Waals surface area contributed by atoms with Crippen molar-refractivity contribution in [2.75, 3.05) is 19.7 Å². The first-order valence-corrected chi connectivity index (χ1v) is 8.40. The van der Waals surface area contributed by atoms with Crippen LogP contribution in [-0.4, -0.2) is 40.6 Å². The van der Waals surface area contributed by atoms with Crippen molar-refractivity contribution in [1.29, 1.82) is 0 Å². The Labute approximate surface area is 146 Å². The first-order valence-electron chi connectivity index (χ1n) is 8.40. The summed E-state index contributed by atoms with van der Waals surface area (Å²) in [6.45, 7) is 3.89. The predicted octanol–water partition coefficient (Wildman–Crippen LogP) is 2.32. The lowest BCUT2D eigenvalue weighted by atomic mass is 10.1. The smallest absolute Gasteiger partial charge is 0.317 e. The van der Waals surface area contributed by atoms with Crippen molar-refractivity contribution in [2.24, 2.45) is 0 Å². The second-order valence-electron chi connectivity index (χ2n) is 5.81. The number of ether oxygens (including phenoxy) is 1. The highest BCUT2D eigenvalue weighted by molar-refractivity contribution is 5.74. The van der Waals surface area contributed by atoms with Gasteiger partial charge in [-0.3, -0.25) is 0 Å². The number of halogens is 1. The van der Waals surface area contributed by atoms with Crippen LogP contribution in [0.15, 0.2) is 30.6 Å². The molecule has 1 aliphatic heterocycles. The quantitative estimate of drug-likeness (QED) is 0.924. The van der Waals surface area contributed by atoms with Gasteiger partial charge in [-0.15, -0.1) is 0 Å². The van der Waals surface area contributed by atoms with Crippen LogP contribution in [-0.2, 0) is 19.4 Å². The van der Waals surface area contributed by atoms with E-state index in [1.165, 1.54) is 18.5 Å². The molecule has 1 aromatic carbocycles. The Hall–Kier alpha value is -2.70. The summed E-state index contributed by atoms with van der Waals surface area (Å²) in [5.41, 5.74) is 2.64. The van der Waals surface area contributed by atoms with Crippen molar-refractivity contribution >= 4 is 6.03 Å². The normalized spacial score (nSPS) is 13.8. The van der Waals surface area contributed by atoms with E-state index < -0.39 is 0 Å². The van der Waals surface area contributed by atoms with Crippen LogP contribution in [0.2, 0.25) is 0 Å². The highest BCUT2D eigenvalue weighted by atomic mass is 19.1. The van der Waals surface area contributed by atoms with Crippen molar-refractivity contribution in [3.05, 3.63) is 53.2 Å². The van der Waals surface area contributed by atoms with Crippen molar-refractivity contribution < 1.29 is 13.9 Å². The van der Waals surface area contributed by atoms with Crippen LogP contribution in [0.1, 0.15) is 23.7 Å².